The summed E-state index contributed by atoms with van der Waals surface area (Å²) < 4.78 is 5.72. The minimum Gasteiger partial charge on any atom is -0.493 e. The van der Waals surface area contributed by atoms with E-state index in [4.69, 9.17) is 16.3 Å². The topological polar surface area (TPSA) is 29.5 Å². The van der Waals surface area contributed by atoms with Crippen LogP contribution in [0, 0.1) is 0 Å². The third kappa shape index (κ3) is 5.28. The van der Waals surface area contributed by atoms with E-state index in [1.54, 1.807) is 19.1 Å². The molecule has 0 aliphatic heterocycles. The van der Waals surface area contributed by atoms with Crippen LogP contribution in [-0.4, -0.2) is 11.7 Å². The van der Waals surface area contributed by atoms with Crippen molar-refractivity contribution < 1.29 is 9.84 Å². The lowest BCUT2D eigenvalue weighted by molar-refractivity contribution is 0.190. The van der Waals surface area contributed by atoms with Gasteiger partial charge in [-0.1, -0.05) is 44.2 Å². The Bertz CT molecular complexity index is 350. The monoisotopic (exact) mass is 270 g/mol. The molecule has 0 aliphatic carbocycles. The zero-order valence-electron chi connectivity index (χ0n) is 11.3. The Labute approximate surface area is 115 Å². The molecule has 102 valence electrons. The summed E-state index contributed by atoms with van der Waals surface area (Å²) in [5.41, 5.74) is 0.760. The van der Waals surface area contributed by atoms with Gasteiger partial charge in [0, 0.05) is 10.6 Å². The molecule has 1 atom stereocenters. The van der Waals surface area contributed by atoms with Crippen LogP contribution in [0.1, 0.15) is 57.6 Å². The number of halogens is 1. The number of hydrogen-bond donors (Lipinski definition) is 1. The van der Waals surface area contributed by atoms with Crippen molar-refractivity contribution in [3.63, 3.8) is 0 Å². The molecule has 1 N–H and O–H groups in total. The summed E-state index contributed by atoms with van der Waals surface area (Å²) in [6.45, 7) is 4.63. The first-order valence-electron chi connectivity index (χ1n) is 6.75. The summed E-state index contributed by atoms with van der Waals surface area (Å²) in [4.78, 5) is 0. The van der Waals surface area contributed by atoms with Crippen LogP contribution >= 0.6 is 11.6 Å². The summed E-state index contributed by atoms with van der Waals surface area (Å²) in [5, 5.41) is 10.3. The average molecular weight is 271 g/mol. The molecule has 0 aromatic heterocycles. The van der Waals surface area contributed by atoms with E-state index in [1.807, 2.05) is 6.07 Å². The number of rotatable bonds is 8. The SMILES string of the molecule is CCCCCCCOc1ccc(Cl)cc1[C@H](C)O. The highest BCUT2D eigenvalue weighted by Crippen LogP contribution is 2.28. The van der Waals surface area contributed by atoms with Gasteiger partial charge in [-0.2, -0.15) is 0 Å². The fourth-order valence-electron chi connectivity index (χ4n) is 1.86. The van der Waals surface area contributed by atoms with Crippen molar-refractivity contribution in [2.75, 3.05) is 6.61 Å². The van der Waals surface area contributed by atoms with E-state index in [-0.39, 0.29) is 0 Å². The Hall–Kier alpha value is -0.730. The molecule has 18 heavy (non-hydrogen) atoms. The van der Waals surface area contributed by atoms with E-state index in [0.717, 1.165) is 17.7 Å². The molecule has 0 unspecified atom stereocenters. The summed E-state index contributed by atoms with van der Waals surface area (Å²) in [6, 6.07) is 5.38. The highest BCUT2D eigenvalue weighted by molar-refractivity contribution is 6.30. The molecule has 2 nitrogen and oxygen atoms in total. The van der Waals surface area contributed by atoms with E-state index in [9.17, 15) is 5.11 Å². The van der Waals surface area contributed by atoms with Gasteiger partial charge in [0.05, 0.1) is 12.7 Å². The molecule has 0 amide bonds. The van der Waals surface area contributed by atoms with Crippen molar-refractivity contribution in [2.24, 2.45) is 0 Å². The minimum atomic E-state index is -0.557. The minimum absolute atomic E-state index is 0.557. The molecule has 0 saturated heterocycles. The van der Waals surface area contributed by atoms with Crippen molar-refractivity contribution in [3.8, 4) is 5.75 Å². The predicted molar refractivity (Wildman–Crippen MR) is 76.3 cm³/mol. The Morgan fingerprint density at radius 1 is 1.22 bits per heavy atom. The summed E-state index contributed by atoms with van der Waals surface area (Å²) >= 11 is 5.91. The lowest BCUT2D eigenvalue weighted by atomic mass is 10.1. The summed E-state index contributed by atoms with van der Waals surface area (Å²) in [6.07, 6.45) is 5.51. The van der Waals surface area contributed by atoms with E-state index >= 15 is 0 Å². The third-order valence-electron chi connectivity index (χ3n) is 2.93. The molecule has 0 bridgehead atoms. The molecule has 1 aromatic carbocycles. The lowest BCUT2D eigenvalue weighted by Crippen LogP contribution is -2.02. The van der Waals surface area contributed by atoms with E-state index < -0.39 is 6.10 Å². The van der Waals surface area contributed by atoms with Crippen molar-refractivity contribution in [1.82, 2.24) is 0 Å². The summed E-state index contributed by atoms with van der Waals surface area (Å²) in [5.74, 6) is 0.741. The second-order valence-electron chi connectivity index (χ2n) is 4.62. The van der Waals surface area contributed by atoms with E-state index in [2.05, 4.69) is 6.92 Å². The summed E-state index contributed by atoms with van der Waals surface area (Å²) in [7, 11) is 0. The van der Waals surface area contributed by atoms with Crippen LogP contribution in [0.15, 0.2) is 18.2 Å². The Balaban J connectivity index is 2.42. The highest BCUT2D eigenvalue weighted by atomic mass is 35.5. The zero-order chi connectivity index (χ0) is 13.4. The number of benzene rings is 1. The molecule has 0 radical (unpaired) electrons. The Morgan fingerprint density at radius 2 is 1.94 bits per heavy atom. The van der Waals surface area contributed by atoms with Crippen LogP contribution in [0.4, 0.5) is 0 Å². The second kappa shape index (κ2) is 8.39. The fraction of sp³-hybridized carbons (Fsp3) is 0.600. The number of hydrogen-bond acceptors (Lipinski definition) is 2. The van der Waals surface area contributed by atoms with Gasteiger partial charge in [-0.05, 0) is 31.5 Å². The normalized spacial score (nSPS) is 12.4. The van der Waals surface area contributed by atoms with E-state index in [0.29, 0.717) is 11.6 Å². The van der Waals surface area contributed by atoms with Crippen LogP contribution < -0.4 is 4.74 Å². The van der Waals surface area contributed by atoms with Crippen molar-refractivity contribution in [2.45, 2.75) is 52.1 Å². The van der Waals surface area contributed by atoms with Crippen molar-refractivity contribution in [3.05, 3.63) is 28.8 Å². The average Bonchev–Trinajstić information content (AvgIpc) is 2.35. The molecular weight excluding hydrogens is 248 g/mol. The fourth-order valence-corrected chi connectivity index (χ4v) is 2.05. The van der Waals surface area contributed by atoms with Crippen LogP contribution in [0.25, 0.3) is 0 Å². The molecule has 3 heteroatoms. The zero-order valence-corrected chi connectivity index (χ0v) is 12.0. The largest absolute Gasteiger partial charge is 0.493 e. The first-order valence-corrected chi connectivity index (χ1v) is 7.13. The maximum absolute atomic E-state index is 9.66. The van der Waals surface area contributed by atoms with Gasteiger partial charge in [-0.3, -0.25) is 0 Å². The Morgan fingerprint density at radius 3 is 2.61 bits per heavy atom. The molecule has 0 fully saturated rings. The second-order valence-corrected chi connectivity index (χ2v) is 5.06. The van der Waals surface area contributed by atoms with Crippen molar-refractivity contribution in [1.29, 1.82) is 0 Å². The van der Waals surface area contributed by atoms with Crippen LogP contribution in [0.5, 0.6) is 5.75 Å². The standard InChI is InChI=1S/C15H23ClO2/c1-3-4-5-6-7-10-18-15-9-8-13(16)11-14(15)12(2)17/h8-9,11-12,17H,3-7,10H2,1-2H3/t12-/m0/s1. The van der Waals surface area contributed by atoms with Gasteiger partial charge < -0.3 is 9.84 Å². The molecule has 0 heterocycles. The van der Waals surface area contributed by atoms with Crippen LogP contribution in [0.2, 0.25) is 5.02 Å². The van der Waals surface area contributed by atoms with Gasteiger partial charge in [0.25, 0.3) is 0 Å². The van der Waals surface area contributed by atoms with Gasteiger partial charge in [0.1, 0.15) is 5.75 Å². The molecule has 0 spiro atoms. The maximum atomic E-state index is 9.66. The number of ether oxygens (including phenoxy) is 1. The number of aliphatic hydroxyl groups is 1. The molecule has 1 aromatic rings. The quantitative estimate of drug-likeness (QED) is 0.691. The Kier molecular flexibility index (Phi) is 7.14. The van der Waals surface area contributed by atoms with Crippen LogP contribution in [0.3, 0.4) is 0 Å². The molecule has 1 rings (SSSR count). The van der Waals surface area contributed by atoms with Gasteiger partial charge in [-0.15, -0.1) is 0 Å². The van der Waals surface area contributed by atoms with Gasteiger partial charge >= 0.3 is 0 Å². The third-order valence-corrected chi connectivity index (χ3v) is 3.16. The first kappa shape index (κ1) is 15.3. The first-order chi connectivity index (χ1) is 8.65. The smallest absolute Gasteiger partial charge is 0.125 e. The predicted octanol–water partition coefficient (Wildman–Crippen LogP) is 4.74. The molecule has 0 aliphatic rings. The van der Waals surface area contributed by atoms with Gasteiger partial charge in [-0.25, -0.2) is 0 Å². The maximum Gasteiger partial charge on any atom is 0.125 e. The molecular formula is C15H23ClO2. The van der Waals surface area contributed by atoms with Gasteiger partial charge in [0.15, 0.2) is 0 Å². The van der Waals surface area contributed by atoms with Crippen molar-refractivity contribution >= 4 is 11.6 Å². The van der Waals surface area contributed by atoms with Crippen LogP contribution in [-0.2, 0) is 0 Å². The number of aliphatic hydroxyl groups excluding tert-OH is 1. The molecule has 0 saturated carbocycles. The number of unbranched alkanes of at least 4 members (excludes halogenated alkanes) is 4. The van der Waals surface area contributed by atoms with E-state index in [1.165, 1.54) is 25.7 Å². The van der Waals surface area contributed by atoms with Gasteiger partial charge in [0.2, 0.25) is 0 Å². The lowest BCUT2D eigenvalue weighted by Gasteiger charge is -2.13. The highest BCUT2D eigenvalue weighted by Gasteiger charge is 2.09.